The number of sulfonamides is 1. The minimum Gasteiger partial charge on any atom is -0.497 e. The maximum Gasteiger partial charge on any atom is 1.00 e. The Hall–Kier alpha value is -2.02. The molecule has 5 rings (SSSR count). The number of para-hydroxylation sites is 2. The van der Waals surface area contributed by atoms with Gasteiger partial charge in [0.15, 0.2) is 5.03 Å². The summed E-state index contributed by atoms with van der Waals surface area (Å²) in [5.41, 5.74) is 3.09. The summed E-state index contributed by atoms with van der Waals surface area (Å²) >= 11 is 0. The molecule has 2 heterocycles. The van der Waals surface area contributed by atoms with Gasteiger partial charge in [0, 0.05) is 25.0 Å². The van der Waals surface area contributed by atoms with Crippen LogP contribution in [-0.2, 0) is 23.5 Å². The first-order chi connectivity index (χ1) is 16.9. The van der Waals surface area contributed by atoms with Crippen LogP contribution < -0.4 is 61.4 Å². The summed E-state index contributed by atoms with van der Waals surface area (Å²) in [7, 11) is -0.777. The van der Waals surface area contributed by atoms with Crippen LogP contribution in [0.15, 0.2) is 60.0 Å². The van der Waals surface area contributed by atoms with E-state index in [-0.39, 0.29) is 68.0 Å². The Labute approximate surface area is 253 Å². The minimum atomic E-state index is -4.09. The number of rotatable bonds is 8. The number of hydrogen-bond acceptors (Lipinski definition) is 7. The summed E-state index contributed by atoms with van der Waals surface area (Å²) in [6.07, 6.45) is 8.68. The van der Waals surface area contributed by atoms with Gasteiger partial charge in [-0.05, 0) is 41.4 Å². The van der Waals surface area contributed by atoms with Crippen molar-refractivity contribution in [2.45, 2.75) is 37.1 Å². The molecule has 0 aliphatic heterocycles. The fourth-order valence-electron chi connectivity index (χ4n) is 4.45. The Kier molecular flexibility index (Phi) is 8.69. The number of benzene rings is 2. The predicted molar refractivity (Wildman–Crippen MR) is 135 cm³/mol. The van der Waals surface area contributed by atoms with Crippen LogP contribution in [0, 0.1) is 5.92 Å². The molecular formula is C25H27KN6O3S. The quantitative estimate of drug-likeness (QED) is 0.348. The number of ether oxygens (including phenoxy) is 1. The Morgan fingerprint density at radius 3 is 2.50 bits per heavy atom. The molecule has 1 aliphatic carbocycles. The molecule has 0 radical (unpaired) electrons. The zero-order valence-electron chi connectivity index (χ0n) is 20.7. The van der Waals surface area contributed by atoms with E-state index >= 15 is 0 Å². The maximum atomic E-state index is 13.0. The van der Waals surface area contributed by atoms with Crippen LogP contribution >= 0.6 is 0 Å². The summed E-state index contributed by atoms with van der Waals surface area (Å²) in [6.45, 7) is 0. The molecule has 0 atom stereocenters. The van der Waals surface area contributed by atoms with Crippen molar-refractivity contribution in [1.29, 1.82) is 0 Å². The Balaban J connectivity index is 0.00000304. The van der Waals surface area contributed by atoms with Gasteiger partial charge >= 0.3 is 51.4 Å². The van der Waals surface area contributed by atoms with Gasteiger partial charge in [-0.25, -0.2) is 18.4 Å². The van der Waals surface area contributed by atoms with Crippen molar-refractivity contribution >= 4 is 38.4 Å². The third kappa shape index (κ3) is 6.09. The molecule has 1 fully saturated rings. The van der Waals surface area contributed by atoms with Crippen molar-refractivity contribution in [3.63, 3.8) is 0 Å². The van der Waals surface area contributed by atoms with E-state index in [1.807, 2.05) is 30.3 Å². The molecule has 182 valence electrons. The van der Waals surface area contributed by atoms with Gasteiger partial charge < -0.3 is 24.3 Å². The molecule has 1 aliphatic rings. The van der Waals surface area contributed by atoms with E-state index in [1.54, 1.807) is 24.8 Å². The molecule has 11 heteroatoms. The van der Waals surface area contributed by atoms with Gasteiger partial charge in [0.05, 0.1) is 19.0 Å². The third-order valence-corrected chi connectivity index (χ3v) is 7.41. The zero-order chi connectivity index (χ0) is 24.4. The monoisotopic (exact) mass is 530 g/mol. The summed E-state index contributed by atoms with van der Waals surface area (Å²) in [4.78, 5) is 13.2. The fourth-order valence-corrected chi connectivity index (χ4v) is 5.38. The number of imidazole rings is 1. The van der Waals surface area contributed by atoms with Crippen molar-refractivity contribution < 1.29 is 64.5 Å². The number of fused-ring (bicyclic) bond motifs is 1. The average Bonchev–Trinajstić information content (AvgIpc) is 3.52. The van der Waals surface area contributed by atoms with E-state index in [0.29, 0.717) is 22.7 Å². The van der Waals surface area contributed by atoms with E-state index in [0.717, 1.165) is 17.7 Å². The fraction of sp³-hybridized carbons (Fsp3) is 0.320. The third-order valence-electron chi connectivity index (χ3n) is 6.26. The van der Waals surface area contributed by atoms with E-state index in [1.165, 1.54) is 38.2 Å². The first-order valence-electron chi connectivity index (χ1n) is 11.6. The van der Waals surface area contributed by atoms with E-state index in [9.17, 15) is 8.42 Å². The molecular weight excluding hydrogens is 503 g/mol. The predicted octanol–water partition coefficient (Wildman–Crippen LogP) is 2.25. The second-order valence-electron chi connectivity index (χ2n) is 8.83. The van der Waals surface area contributed by atoms with Crippen LogP contribution in [0.1, 0.15) is 31.2 Å². The summed E-state index contributed by atoms with van der Waals surface area (Å²) < 4.78 is 37.0. The van der Waals surface area contributed by atoms with Crippen molar-refractivity contribution in [1.82, 2.24) is 19.5 Å². The van der Waals surface area contributed by atoms with Crippen molar-refractivity contribution in [3.05, 3.63) is 65.3 Å². The van der Waals surface area contributed by atoms with E-state index < -0.39 is 10.0 Å². The molecule has 0 unspecified atom stereocenters. The van der Waals surface area contributed by atoms with Gasteiger partial charge in [-0.15, -0.1) is 0 Å². The molecule has 0 amide bonds. The number of anilines is 2. The molecule has 0 bridgehead atoms. The van der Waals surface area contributed by atoms with Crippen molar-refractivity contribution in [2.75, 3.05) is 12.4 Å². The van der Waals surface area contributed by atoms with E-state index in [4.69, 9.17) is 4.74 Å². The Morgan fingerprint density at radius 1 is 1.11 bits per heavy atom. The van der Waals surface area contributed by atoms with Crippen molar-refractivity contribution in [2.24, 2.45) is 13.0 Å². The van der Waals surface area contributed by atoms with Crippen LogP contribution in [0.3, 0.4) is 0 Å². The summed E-state index contributed by atoms with van der Waals surface area (Å²) in [6, 6.07) is 13.2. The topological polar surface area (TPSA) is 113 Å². The van der Waals surface area contributed by atoms with Crippen LogP contribution in [-0.4, -0.2) is 35.0 Å². The van der Waals surface area contributed by atoms with E-state index in [2.05, 4.69) is 31.1 Å². The van der Waals surface area contributed by atoms with Crippen LogP contribution in [0.2, 0.25) is 0 Å². The normalized spacial score (nSPS) is 13.9. The van der Waals surface area contributed by atoms with Gasteiger partial charge in [-0.2, -0.15) is 0 Å². The number of nitrogens with zero attached hydrogens (tertiary/aromatic N) is 5. The van der Waals surface area contributed by atoms with Crippen LogP contribution in [0.25, 0.3) is 15.8 Å². The maximum absolute atomic E-state index is 13.0. The summed E-state index contributed by atoms with van der Waals surface area (Å²) in [5.74, 6) is 1.55. The second kappa shape index (κ2) is 11.6. The van der Waals surface area contributed by atoms with Gasteiger partial charge in [0.1, 0.15) is 11.6 Å². The minimum absolute atomic E-state index is 0. The largest absolute Gasteiger partial charge is 1.00 e. The van der Waals surface area contributed by atoms with Crippen LogP contribution in [0.4, 0.5) is 17.3 Å². The van der Waals surface area contributed by atoms with Gasteiger partial charge in [0.25, 0.3) is 0 Å². The molecule has 9 nitrogen and oxygen atoms in total. The molecule has 2 aromatic heterocycles. The molecule has 36 heavy (non-hydrogen) atoms. The molecule has 1 saturated carbocycles. The molecule has 2 aromatic carbocycles. The Morgan fingerprint density at radius 2 is 1.83 bits per heavy atom. The molecule has 0 saturated heterocycles. The van der Waals surface area contributed by atoms with Crippen molar-refractivity contribution in [3.8, 4) is 5.75 Å². The number of nitrogens with one attached hydrogen (secondary N) is 1. The molecule has 0 spiro atoms. The average molecular weight is 531 g/mol. The first kappa shape index (κ1) is 27.0. The van der Waals surface area contributed by atoms with Gasteiger partial charge in [0.2, 0.25) is 10.0 Å². The Bertz CT molecular complexity index is 1470. The molecule has 1 N–H and O–H groups in total. The number of hydrogen-bond donors (Lipinski definition) is 1. The van der Waals surface area contributed by atoms with Crippen LogP contribution in [0.5, 0.6) is 5.75 Å². The smallest absolute Gasteiger partial charge is 0.497 e. The first-order valence-corrected chi connectivity index (χ1v) is 13.0. The summed E-state index contributed by atoms with van der Waals surface area (Å²) in [5, 5.41) is 3.17. The van der Waals surface area contributed by atoms with Gasteiger partial charge in [-0.3, -0.25) is 0 Å². The number of aryl methyl sites for hydroxylation is 1. The SMILES string of the molecule is COc1ccc(CC2CCCC2)c(Nc2nc3ccccc3nc2[N-]S(=O)(=O)c2cn(C)cn2)c1.[K+]. The second-order valence-corrected chi connectivity index (χ2v) is 10.4. The van der Waals surface area contributed by atoms with Gasteiger partial charge in [-0.1, -0.05) is 49.9 Å². The number of aromatic nitrogens is 4. The molecule has 4 aromatic rings. The standard InChI is InChI=1S/C25H27N6O3S.K/c1-31-15-23(26-16-31)35(32,33)30-25-24(27-20-9-5-6-10-21(20)28-25)29-22-14-19(34-2)12-11-18(22)13-17-7-3-4-8-17;/h5-6,9-12,14-17H,3-4,7-8,13H2,1-2H3,(H-,27,28,29,30);/q-1;+1. The number of methoxy groups -OCH3 is 1. The zero-order valence-corrected chi connectivity index (χ0v) is 24.6.